The third kappa shape index (κ3) is 3.24. The van der Waals surface area contributed by atoms with E-state index in [2.05, 4.69) is 15.2 Å². The summed E-state index contributed by atoms with van der Waals surface area (Å²) in [5, 5.41) is 9.92. The van der Waals surface area contributed by atoms with Gasteiger partial charge in [0.15, 0.2) is 11.6 Å². The first-order valence-corrected chi connectivity index (χ1v) is 8.37. The van der Waals surface area contributed by atoms with Gasteiger partial charge in [-0.25, -0.2) is 8.78 Å². The molecule has 0 fully saturated rings. The molecule has 8 heteroatoms. The number of halogens is 2. The van der Waals surface area contributed by atoms with Gasteiger partial charge in [-0.15, -0.1) is 10.2 Å². The molecule has 4 rings (SSSR count). The van der Waals surface area contributed by atoms with E-state index in [-0.39, 0.29) is 13.2 Å². The Balaban J connectivity index is 1.89. The molecule has 2 heterocycles. The van der Waals surface area contributed by atoms with Gasteiger partial charge in [0.2, 0.25) is 0 Å². The second kappa shape index (κ2) is 6.98. The van der Waals surface area contributed by atoms with Crippen LogP contribution in [0.2, 0.25) is 0 Å². The van der Waals surface area contributed by atoms with Crippen LogP contribution in [0.25, 0.3) is 5.69 Å². The Morgan fingerprint density at radius 2 is 1.89 bits per heavy atom. The zero-order valence-electron chi connectivity index (χ0n) is 14.9. The van der Waals surface area contributed by atoms with E-state index in [9.17, 15) is 8.78 Å². The summed E-state index contributed by atoms with van der Waals surface area (Å²) in [6, 6.07) is 10.6. The van der Waals surface area contributed by atoms with Crippen LogP contribution in [0.4, 0.5) is 8.78 Å². The third-order valence-electron chi connectivity index (χ3n) is 4.21. The molecular formula is C19H17F2N5O. The van der Waals surface area contributed by atoms with Crippen LogP contribution in [-0.4, -0.2) is 39.6 Å². The highest BCUT2D eigenvalue weighted by Crippen LogP contribution is 2.27. The molecule has 0 aliphatic carbocycles. The summed E-state index contributed by atoms with van der Waals surface area (Å²) in [6.07, 6.45) is 0. The molecule has 6 nitrogen and oxygen atoms in total. The Bertz CT molecular complexity index is 1030. The fraction of sp³-hybridized carbons (Fsp3) is 0.211. The molecule has 2 aromatic carbocycles. The van der Waals surface area contributed by atoms with E-state index in [0.29, 0.717) is 34.2 Å². The highest BCUT2D eigenvalue weighted by molar-refractivity contribution is 6.15. The maximum atomic E-state index is 14.4. The first kappa shape index (κ1) is 17.4. The fourth-order valence-corrected chi connectivity index (χ4v) is 3.03. The third-order valence-corrected chi connectivity index (χ3v) is 4.21. The predicted molar refractivity (Wildman–Crippen MR) is 95.5 cm³/mol. The Labute approximate surface area is 154 Å². The van der Waals surface area contributed by atoms with Gasteiger partial charge in [-0.05, 0) is 30.3 Å². The number of nitrogens with zero attached hydrogens (tertiary/aromatic N) is 5. The summed E-state index contributed by atoms with van der Waals surface area (Å²) >= 11 is 0. The second-order valence-electron chi connectivity index (χ2n) is 6.26. The molecule has 1 aliphatic rings. The van der Waals surface area contributed by atoms with Crippen molar-refractivity contribution in [3.8, 4) is 5.69 Å². The molecule has 1 aromatic heterocycles. The quantitative estimate of drug-likeness (QED) is 0.664. The minimum atomic E-state index is -0.430. The number of benzene rings is 2. The smallest absolute Gasteiger partial charge is 0.165 e. The molecule has 0 radical (unpaired) electrons. The number of fused-ring (bicyclic) bond motifs is 3. The monoisotopic (exact) mass is 369 g/mol. The molecule has 0 bridgehead atoms. The SMILES string of the molecule is CN(C)OCc1nnc2n1-c1ccc(F)cc1C(c1ccccc1F)=NC2. The van der Waals surface area contributed by atoms with Crippen LogP contribution in [0.5, 0.6) is 0 Å². The number of hydrogen-bond donors (Lipinski definition) is 0. The molecule has 0 saturated carbocycles. The molecule has 0 amide bonds. The zero-order chi connectivity index (χ0) is 19.0. The van der Waals surface area contributed by atoms with E-state index in [0.717, 1.165) is 0 Å². The number of aliphatic imine (C=N–C) groups is 1. The molecule has 3 aromatic rings. The van der Waals surface area contributed by atoms with Crippen LogP contribution in [0.1, 0.15) is 22.8 Å². The van der Waals surface area contributed by atoms with Crippen LogP contribution in [0.15, 0.2) is 47.5 Å². The number of hydroxylamine groups is 2. The van der Waals surface area contributed by atoms with Crippen LogP contribution in [-0.2, 0) is 18.0 Å². The normalized spacial score (nSPS) is 13.1. The standard InChI is InChI=1S/C19H17F2N5O/c1-25(2)27-11-18-24-23-17-10-22-19(13-5-3-4-6-15(13)21)14-9-12(20)7-8-16(14)26(17)18/h3-9H,10-11H2,1-2H3. The minimum absolute atomic E-state index is 0.186. The molecule has 0 saturated heterocycles. The van der Waals surface area contributed by atoms with Crippen molar-refractivity contribution in [1.82, 2.24) is 19.8 Å². The van der Waals surface area contributed by atoms with Gasteiger partial charge in [-0.2, -0.15) is 5.06 Å². The van der Waals surface area contributed by atoms with Crippen LogP contribution < -0.4 is 0 Å². The van der Waals surface area contributed by atoms with Crippen molar-refractivity contribution in [2.75, 3.05) is 14.1 Å². The summed E-state index contributed by atoms with van der Waals surface area (Å²) < 4.78 is 30.3. The maximum absolute atomic E-state index is 14.4. The van der Waals surface area contributed by atoms with Crippen molar-refractivity contribution in [2.24, 2.45) is 4.99 Å². The van der Waals surface area contributed by atoms with Crippen LogP contribution >= 0.6 is 0 Å². The highest BCUT2D eigenvalue weighted by Gasteiger charge is 2.24. The molecule has 0 spiro atoms. The van der Waals surface area contributed by atoms with Crippen molar-refractivity contribution < 1.29 is 13.6 Å². The second-order valence-corrected chi connectivity index (χ2v) is 6.26. The number of aromatic nitrogens is 3. The lowest BCUT2D eigenvalue weighted by atomic mass is 10.00. The minimum Gasteiger partial charge on any atom is -0.291 e. The van der Waals surface area contributed by atoms with E-state index in [4.69, 9.17) is 4.84 Å². The Kier molecular flexibility index (Phi) is 4.51. The zero-order valence-corrected chi connectivity index (χ0v) is 14.9. The van der Waals surface area contributed by atoms with E-state index in [1.54, 1.807) is 48.0 Å². The molecule has 27 heavy (non-hydrogen) atoms. The van der Waals surface area contributed by atoms with E-state index >= 15 is 0 Å². The van der Waals surface area contributed by atoms with Gasteiger partial charge in [0.1, 0.15) is 24.8 Å². The molecule has 0 unspecified atom stereocenters. The predicted octanol–water partition coefficient (Wildman–Crippen LogP) is 2.89. The first-order valence-electron chi connectivity index (χ1n) is 8.37. The van der Waals surface area contributed by atoms with Gasteiger partial charge in [-0.1, -0.05) is 12.1 Å². The Morgan fingerprint density at radius 3 is 2.67 bits per heavy atom. The number of rotatable bonds is 4. The number of hydrogen-bond acceptors (Lipinski definition) is 5. The summed E-state index contributed by atoms with van der Waals surface area (Å²) in [4.78, 5) is 10.0. The average Bonchev–Trinajstić information content (AvgIpc) is 2.97. The highest BCUT2D eigenvalue weighted by atomic mass is 19.1. The summed E-state index contributed by atoms with van der Waals surface area (Å²) in [5.74, 6) is 0.281. The van der Waals surface area contributed by atoms with Gasteiger partial charge >= 0.3 is 0 Å². The van der Waals surface area contributed by atoms with Crippen molar-refractivity contribution in [2.45, 2.75) is 13.2 Å². The van der Waals surface area contributed by atoms with E-state index in [1.165, 1.54) is 18.2 Å². The Hall–Kier alpha value is -2.97. The van der Waals surface area contributed by atoms with Gasteiger partial charge in [-0.3, -0.25) is 14.4 Å². The lowest BCUT2D eigenvalue weighted by Crippen LogP contribution is -2.16. The van der Waals surface area contributed by atoms with Gasteiger partial charge < -0.3 is 0 Å². The lowest BCUT2D eigenvalue weighted by Gasteiger charge is -2.15. The average molecular weight is 369 g/mol. The van der Waals surface area contributed by atoms with Crippen molar-refractivity contribution in [3.05, 3.63) is 76.9 Å². The van der Waals surface area contributed by atoms with Crippen LogP contribution in [0.3, 0.4) is 0 Å². The van der Waals surface area contributed by atoms with E-state index < -0.39 is 11.6 Å². The topological polar surface area (TPSA) is 55.5 Å². The first-order chi connectivity index (χ1) is 13.0. The van der Waals surface area contributed by atoms with Crippen LogP contribution in [0, 0.1) is 11.6 Å². The van der Waals surface area contributed by atoms with Crippen molar-refractivity contribution in [1.29, 1.82) is 0 Å². The Morgan fingerprint density at radius 1 is 1.07 bits per heavy atom. The van der Waals surface area contributed by atoms with E-state index in [1.807, 2.05) is 0 Å². The van der Waals surface area contributed by atoms with Gasteiger partial charge in [0, 0.05) is 25.2 Å². The molecule has 1 aliphatic heterocycles. The molecular weight excluding hydrogens is 352 g/mol. The summed E-state index contributed by atoms with van der Waals surface area (Å²) in [7, 11) is 3.53. The molecule has 138 valence electrons. The maximum Gasteiger partial charge on any atom is 0.165 e. The summed E-state index contributed by atoms with van der Waals surface area (Å²) in [6.45, 7) is 0.376. The van der Waals surface area contributed by atoms with Crippen molar-refractivity contribution in [3.63, 3.8) is 0 Å². The molecule has 0 atom stereocenters. The molecule has 0 N–H and O–H groups in total. The van der Waals surface area contributed by atoms with Gasteiger partial charge in [0.25, 0.3) is 0 Å². The largest absolute Gasteiger partial charge is 0.291 e. The van der Waals surface area contributed by atoms with Crippen molar-refractivity contribution >= 4 is 5.71 Å². The summed E-state index contributed by atoms with van der Waals surface area (Å²) in [5.41, 5.74) is 1.81. The fourth-order valence-electron chi connectivity index (χ4n) is 3.03. The van der Waals surface area contributed by atoms with Gasteiger partial charge in [0.05, 0.1) is 11.4 Å². The lowest BCUT2D eigenvalue weighted by molar-refractivity contribution is -0.133.